The van der Waals surface area contributed by atoms with Gasteiger partial charge in [0.2, 0.25) is 0 Å². The first-order valence-corrected chi connectivity index (χ1v) is 11.1. The van der Waals surface area contributed by atoms with Crippen molar-refractivity contribution in [2.24, 2.45) is 23.2 Å². The van der Waals surface area contributed by atoms with E-state index in [2.05, 4.69) is 13.0 Å². The van der Waals surface area contributed by atoms with Crippen LogP contribution in [-0.2, 0) is 12.0 Å². The topological polar surface area (TPSA) is 57.5 Å². The molecule has 0 spiro atoms. The smallest absolute Gasteiger partial charge is 0.163 e. The van der Waals surface area contributed by atoms with Crippen molar-refractivity contribution >= 4 is 5.78 Å². The lowest BCUT2D eigenvalue weighted by atomic mass is 9.51. The standard InChI is InChI=1S/C26H28O3/c1-25-11-10-19-18-9-7-17(27)12-15(18)6-8-20(19)23(25)13-16-14-24(28)21-4-2-3-5-22(21)26(16,25)29/h2-5,7,9,12,16,19-20,23,27,29H,6,8,10-11,13-14H2,1H3/t16-,19+,20+,23-,25-,26+/m0/s1. The van der Waals surface area contributed by atoms with Crippen molar-refractivity contribution in [1.29, 1.82) is 0 Å². The minimum absolute atomic E-state index is 0.0277. The fourth-order valence-corrected chi connectivity index (χ4v) is 7.89. The summed E-state index contributed by atoms with van der Waals surface area (Å²) in [5.74, 6) is 2.06. The molecule has 0 bridgehead atoms. The number of rotatable bonds is 0. The van der Waals surface area contributed by atoms with E-state index in [9.17, 15) is 15.0 Å². The van der Waals surface area contributed by atoms with Gasteiger partial charge in [0.05, 0.1) is 5.60 Å². The van der Waals surface area contributed by atoms with Crippen molar-refractivity contribution in [1.82, 2.24) is 0 Å². The predicted octanol–water partition coefficient (Wildman–Crippen LogP) is 4.95. The van der Waals surface area contributed by atoms with Gasteiger partial charge in [-0.15, -0.1) is 0 Å². The summed E-state index contributed by atoms with van der Waals surface area (Å²) in [5.41, 5.74) is 3.22. The van der Waals surface area contributed by atoms with Gasteiger partial charge in [-0.05, 0) is 84.6 Å². The van der Waals surface area contributed by atoms with Crippen molar-refractivity contribution < 1.29 is 15.0 Å². The maximum absolute atomic E-state index is 12.8. The molecule has 4 aliphatic carbocycles. The molecule has 2 saturated carbocycles. The highest BCUT2D eigenvalue weighted by atomic mass is 16.3. The van der Waals surface area contributed by atoms with Gasteiger partial charge in [0.15, 0.2) is 5.78 Å². The number of carbonyl (C=O) groups is 1. The van der Waals surface area contributed by atoms with Gasteiger partial charge in [-0.25, -0.2) is 0 Å². The summed E-state index contributed by atoms with van der Waals surface area (Å²) < 4.78 is 0. The minimum atomic E-state index is -0.900. The molecule has 29 heavy (non-hydrogen) atoms. The van der Waals surface area contributed by atoms with Crippen molar-refractivity contribution in [3.05, 3.63) is 64.7 Å². The number of ketones is 1. The lowest BCUT2D eigenvalue weighted by molar-refractivity contribution is -0.130. The Labute approximate surface area is 171 Å². The Bertz CT molecular complexity index is 1030. The summed E-state index contributed by atoms with van der Waals surface area (Å²) in [4.78, 5) is 12.8. The van der Waals surface area contributed by atoms with Crippen molar-refractivity contribution in [3.63, 3.8) is 0 Å². The van der Waals surface area contributed by atoms with Crippen LogP contribution in [0, 0.1) is 23.2 Å². The zero-order chi connectivity index (χ0) is 20.0. The fourth-order valence-electron chi connectivity index (χ4n) is 7.89. The lowest BCUT2D eigenvalue weighted by Crippen LogP contribution is -2.52. The summed E-state index contributed by atoms with van der Waals surface area (Å²) in [7, 11) is 0. The van der Waals surface area contributed by atoms with Crippen LogP contribution in [0.1, 0.15) is 72.0 Å². The number of hydrogen-bond donors (Lipinski definition) is 2. The van der Waals surface area contributed by atoms with Crippen LogP contribution >= 0.6 is 0 Å². The summed E-state index contributed by atoms with van der Waals surface area (Å²) >= 11 is 0. The average molecular weight is 389 g/mol. The molecule has 0 saturated heterocycles. The first-order chi connectivity index (χ1) is 13.9. The van der Waals surface area contributed by atoms with Gasteiger partial charge in [0, 0.05) is 17.4 Å². The second-order valence-corrected chi connectivity index (χ2v) is 10.1. The number of fused-ring (bicyclic) bond motifs is 9. The van der Waals surface area contributed by atoms with Crippen LogP contribution in [0.3, 0.4) is 0 Å². The third kappa shape index (κ3) is 2.10. The molecule has 2 aromatic rings. The highest BCUT2D eigenvalue weighted by Crippen LogP contribution is 2.70. The van der Waals surface area contributed by atoms with Gasteiger partial charge in [-0.3, -0.25) is 4.79 Å². The highest BCUT2D eigenvalue weighted by molar-refractivity contribution is 5.99. The normalized spacial score (nSPS) is 39.7. The van der Waals surface area contributed by atoms with E-state index in [1.54, 1.807) is 0 Å². The Balaban J connectivity index is 1.45. The molecule has 4 aliphatic rings. The van der Waals surface area contributed by atoms with E-state index in [-0.39, 0.29) is 17.1 Å². The van der Waals surface area contributed by atoms with Crippen LogP contribution in [0.2, 0.25) is 0 Å². The Morgan fingerprint density at radius 2 is 1.93 bits per heavy atom. The summed E-state index contributed by atoms with van der Waals surface area (Å²) in [5, 5.41) is 22.2. The van der Waals surface area contributed by atoms with Gasteiger partial charge in [-0.1, -0.05) is 37.3 Å². The Morgan fingerprint density at radius 3 is 2.79 bits per heavy atom. The number of benzene rings is 2. The number of aromatic hydroxyl groups is 1. The number of aliphatic hydroxyl groups is 1. The van der Waals surface area contributed by atoms with Gasteiger partial charge < -0.3 is 10.2 Å². The monoisotopic (exact) mass is 388 g/mol. The Hall–Kier alpha value is -2.13. The zero-order valence-electron chi connectivity index (χ0n) is 16.9. The lowest BCUT2D eigenvalue weighted by Gasteiger charge is -2.54. The molecular weight excluding hydrogens is 360 g/mol. The summed E-state index contributed by atoms with van der Waals surface area (Å²) in [6.07, 6.45) is 5.58. The third-order valence-electron chi connectivity index (χ3n) is 9.17. The van der Waals surface area contributed by atoms with E-state index in [0.717, 1.165) is 43.2 Å². The molecule has 6 rings (SSSR count). The van der Waals surface area contributed by atoms with Crippen LogP contribution in [0.5, 0.6) is 5.75 Å². The zero-order valence-corrected chi connectivity index (χ0v) is 16.9. The van der Waals surface area contributed by atoms with E-state index >= 15 is 0 Å². The van der Waals surface area contributed by atoms with Crippen LogP contribution in [0.15, 0.2) is 42.5 Å². The van der Waals surface area contributed by atoms with E-state index in [4.69, 9.17) is 0 Å². The molecule has 0 heterocycles. The predicted molar refractivity (Wildman–Crippen MR) is 111 cm³/mol. The van der Waals surface area contributed by atoms with Crippen molar-refractivity contribution in [2.75, 3.05) is 0 Å². The second kappa shape index (κ2) is 5.72. The van der Waals surface area contributed by atoms with Gasteiger partial charge >= 0.3 is 0 Å². The number of carbonyl (C=O) groups excluding carboxylic acids is 1. The van der Waals surface area contributed by atoms with Crippen LogP contribution in [0.4, 0.5) is 0 Å². The van der Waals surface area contributed by atoms with E-state index in [1.807, 2.05) is 36.4 Å². The van der Waals surface area contributed by atoms with E-state index in [1.165, 1.54) is 11.1 Å². The van der Waals surface area contributed by atoms with Crippen LogP contribution in [-0.4, -0.2) is 16.0 Å². The molecule has 0 amide bonds. The Kier molecular flexibility index (Phi) is 3.49. The van der Waals surface area contributed by atoms with E-state index in [0.29, 0.717) is 29.9 Å². The molecule has 0 radical (unpaired) electrons. The number of phenols is 1. The van der Waals surface area contributed by atoms with Gasteiger partial charge in [0.25, 0.3) is 0 Å². The minimum Gasteiger partial charge on any atom is -0.508 e. The summed E-state index contributed by atoms with van der Waals surface area (Å²) in [6, 6.07) is 13.7. The number of phenolic OH excluding ortho intramolecular Hbond substituents is 1. The number of hydrogen-bond acceptors (Lipinski definition) is 3. The maximum Gasteiger partial charge on any atom is 0.163 e. The van der Waals surface area contributed by atoms with Crippen molar-refractivity contribution in [2.45, 2.75) is 57.0 Å². The molecule has 6 atom stereocenters. The number of aryl methyl sites for hydroxylation is 1. The molecule has 2 aromatic carbocycles. The molecule has 2 fully saturated rings. The van der Waals surface area contributed by atoms with Gasteiger partial charge in [0.1, 0.15) is 5.75 Å². The average Bonchev–Trinajstić information content (AvgIpc) is 2.96. The van der Waals surface area contributed by atoms with Crippen LogP contribution in [0.25, 0.3) is 0 Å². The molecule has 2 N–H and O–H groups in total. The first kappa shape index (κ1) is 17.7. The largest absolute Gasteiger partial charge is 0.508 e. The highest BCUT2D eigenvalue weighted by Gasteiger charge is 2.67. The molecule has 3 heteroatoms. The summed E-state index contributed by atoms with van der Waals surface area (Å²) in [6.45, 7) is 2.30. The molecule has 0 aromatic heterocycles. The molecular formula is C26H28O3. The SMILES string of the molecule is C[C@]12CC[C@@H]3c4ccc(O)cc4CC[C@H]3[C@@H]1C[C@H]1CC(=O)c3ccccc3[C@]12O. The maximum atomic E-state index is 12.8. The molecule has 3 nitrogen and oxygen atoms in total. The first-order valence-electron chi connectivity index (χ1n) is 11.1. The quantitative estimate of drug-likeness (QED) is 0.671. The van der Waals surface area contributed by atoms with Crippen molar-refractivity contribution in [3.8, 4) is 5.75 Å². The number of Topliss-reactive ketones (excluding diaryl/α,β-unsaturated/α-hetero) is 1. The van der Waals surface area contributed by atoms with Gasteiger partial charge in [-0.2, -0.15) is 0 Å². The third-order valence-corrected chi connectivity index (χ3v) is 9.17. The molecule has 0 aliphatic heterocycles. The van der Waals surface area contributed by atoms with Crippen LogP contribution < -0.4 is 0 Å². The molecule has 0 unspecified atom stereocenters. The second-order valence-electron chi connectivity index (χ2n) is 10.1. The fraction of sp³-hybridized carbons (Fsp3) is 0.500. The Morgan fingerprint density at radius 1 is 1.10 bits per heavy atom. The van der Waals surface area contributed by atoms with E-state index < -0.39 is 5.60 Å². The molecule has 150 valence electrons.